The Hall–Kier alpha value is -2.10. The van der Waals surface area contributed by atoms with E-state index in [0.29, 0.717) is 13.1 Å². The SMILES string of the molecule is CS(=O)(=O)N[C@H]1CCCN(C(=O)Nc2ccccc2N2CCc3sccc3C2)C1. The van der Waals surface area contributed by atoms with E-state index >= 15 is 0 Å². The lowest BCUT2D eigenvalue weighted by Crippen LogP contribution is -2.50. The van der Waals surface area contributed by atoms with Crippen LogP contribution in [0.15, 0.2) is 35.7 Å². The number of nitrogens with zero attached hydrogens (tertiary/aromatic N) is 2. The third-order valence-electron chi connectivity index (χ3n) is 5.38. The smallest absolute Gasteiger partial charge is 0.321 e. The van der Waals surface area contributed by atoms with Crippen molar-refractivity contribution in [2.45, 2.75) is 31.8 Å². The molecule has 2 N–H and O–H groups in total. The van der Waals surface area contributed by atoms with Crippen LogP contribution in [0.3, 0.4) is 0 Å². The van der Waals surface area contributed by atoms with Crippen molar-refractivity contribution in [3.8, 4) is 0 Å². The summed E-state index contributed by atoms with van der Waals surface area (Å²) in [5, 5.41) is 5.19. The van der Waals surface area contributed by atoms with Gasteiger partial charge < -0.3 is 15.1 Å². The molecule has 2 aliphatic rings. The van der Waals surface area contributed by atoms with Gasteiger partial charge in [0.25, 0.3) is 0 Å². The average Bonchev–Trinajstić information content (AvgIpc) is 3.15. The van der Waals surface area contributed by atoms with Gasteiger partial charge in [-0.15, -0.1) is 11.3 Å². The summed E-state index contributed by atoms with van der Waals surface area (Å²) < 4.78 is 25.7. The van der Waals surface area contributed by atoms with Gasteiger partial charge in [0.1, 0.15) is 0 Å². The Morgan fingerprint density at radius 2 is 2.03 bits per heavy atom. The summed E-state index contributed by atoms with van der Waals surface area (Å²) in [5.41, 5.74) is 3.16. The highest BCUT2D eigenvalue weighted by Crippen LogP contribution is 2.32. The second-order valence-corrected chi connectivity index (χ2v) is 10.4. The number of rotatable bonds is 4. The Morgan fingerprint density at radius 1 is 1.21 bits per heavy atom. The summed E-state index contributed by atoms with van der Waals surface area (Å²) in [5.74, 6) is 0. The molecule has 1 saturated heterocycles. The van der Waals surface area contributed by atoms with Crippen LogP contribution in [-0.4, -0.2) is 51.3 Å². The normalized spacial score (nSPS) is 19.7. The number of anilines is 2. The number of piperidine rings is 1. The Bertz CT molecular complexity index is 989. The van der Waals surface area contributed by atoms with E-state index in [0.717, 1.165) is 50.0 Å². The Labute approximate surface area is 175 Å². The van der Waals surface area contributed by atoms with Crippen LogP contribution < -0.4 is 14.9 Å². The van der Waals surface area contributed by atoms with Gasteiger partial charge in [-0.2, -0.15) is 0 Å². The second-order valence-electron chi connectivity index (χ2n) is 7.66. The molecule has 0 bridgehead atoms. The summed E-state index contributed by atoms with van der Waals surface area (Å²) in [6, 6.07) is 9.62. The van der Waals surface area contributed by atoms with E-state index in [1.807, 2.05) is 35.6 Å². The van der Waals surface area contributed by atoms with Gasteiger partial charge in [-0.1, -0.05) is 12.1 Å². The number of hydrogen-bond acceptors (Lipinski definition) is 5. The molecule has 2 aliphatic heterocycles. The van der Waals surface area contributed by atoms with E-state index in [9.17, 15) is 13.2 Å². The summed E-state index contributed by atoms with van der Waals surface area (Å²) in [7, 11) is -3.29. The molecular formula is C20H26N4O3S2. The predicted molar refractivity (Wildman–Crippen MR) is 117 cm³/mol. The third-order valence-corrected chi connectivity index (χ3v) is 7.17. The Balaban J connectivity index is 1.45. The summed E-state index contributed by atoms with van der Waals surface area (Å²) >= 11 is 1.81. The van der Waals surface area contributed by atoms with E-state index in [4.69, 9.17) is 0 Å². The fraction of sp³-hybridized carbons (Fsp3) is 0.450. The van der Waals surface area contributed by atoms with Crippen molar-refractivity contribution in [1.82, 2.24) is 9.62 Å². The van der Waals surface area contributed by atoms with Crippen LogP contribution in [0.5, 0.6) is 0 Å². The maximum absolute atomic E-state index is 12.9. The van der Waals surface area contributed by atoms with Crippen LogP contribution in [0.1, 0.15) is 23.3 Å². The molecule has 156 valence electrons. The van der Waals surface area contributed by atoms with Crippen molar-refractivity contribution in [3.05, 3.63) is 46.2 Å². The highest BCUT2D eigenvalue weighted by atomic mass is 32.2. The number of sulfonamides is 1. The Morgan fingerprint density at radius 3 is 2.86 bits per heavy atom. The zero-order valence-corrected chi connectivity index (χ0v) is 18.1. The fourth-order valence-corrected chi connectivity index (χ4v) is 5.75. The summed E-state index contributed by atoms with van der Waals surface area (Å²) in [6.45, 7) is 2.77. The first-order valence-electron chi connectivity index (χ1n) is 9.81. The first-order chi connectivity index (χ1) is 13.9. The standard InChI is InChI=1S/C20H26N4O3S2/c1-29(26,27)22-16-5-4-10-24(14-16)20(25)21-17-6-2-3-7-18(17)23-11-8-19-15(13-23)9-12-28-19/h2-3,6-7,9,12,16,22H,4-5,8,10-11,13-14H2,1H3,(H,21,25)/t16-/m0/s1. The molecule has 9 heteroatoms. The molecule has 3 heterocycles. The molecule has 0 saturated carbocycles. The molecule has 1 atom stereocenters. The van der Waals surface area contributed by atoms with E-state index < -0.39 is 10.0 Å². The average molecular weight is 435 g/mol. The van der Waals surface area contributed by atoms with Crippen LogP contribution in [-0.2, 0) is 23.0 Å². The van der Waals surface area contributed by atoms with Gasteiger partial charge in [-0.3, -0.25) is 0 Å². The third kappa shape index (κ3) is 4.91. The van der Waals surface area contributed by atoms with Crippen molar-refractivity contribution < 1.29 is 13.2 Å². The largest absolute Gasteiger partial charge is 0.365 e. The van der Waals surface area contributed by atoms with Gasteiger partial charge in [0, 0.05) is 37.1 Å². The number of thiophene rings is 1. The number of amides is 2. The monoisotopic (exact) mass is 434 g/mol. The quantitative estimate of drug-likeness (QED) is 0.775. The molecule has 0 spiro atoms. The highest BCUT2D eigenvalue weighted by molar-refractivity contribution is 7.88. The van der Waals surface area contributed by atoms with Crippen LogP contribution >= 0.6 is 11.3 Å². The van der Waals surface area contributed by atoms with Crippen LogP contribution in [0.25, 0.3) is 0 Å². The molecule has 4 rings (SSSR count). The van der Waals surface area contributed by atoms with E-state index in [1.165, 1.54) is 10.4 Å². The molecule has 7 nitrogen and oxygen atoms in total. The number of benzene rings is 1. The highest BCUT2D eigenvalue weighted by Gasteiger charge is 2.26. The van der Waals surface area contributed by atoms with Crippen molar-refractivity contribution >= 4 is 38.8 Å². The van der Waals surface area contributed by atoms with Gasteiger partial charge in [0.2, 0.25) is 10.0 Å². The minimum Gasteiger partial charge on any atom is -0.365 e. The van der Waals surface area contributed by atoms with Crippen molar-refractivity contribution in [1.29, 1.82) is 0 Å². The molecule has 0 radical (unpaired) electrons. The predicted octanol–water partition coefficient (Wildman–Crippen LogP) is 2.86. The lowest BCUT2D eigenvalue weighted by atomic mass is 10.1. The van der Waals surface area contributed by atoms with Crippen molar-refractivity contribution in [2.75, 3.05) is 36.1 Å². The molecule has 1 aromatic heterocycles. The minimum absolute atomic E-state index is 0.189. The molecule has 0 unspecified atom stereocenters. The van der Waals surface area contributed by atoms with Crippen LogP contribution in [0.2, 0.25) is 0 Å². The molecule has 2 aromatic rings. The topological polar surface area (TPSA) is 81.8 Å². The summed E-state index contributed by atoms with van der Waals surface area (Å²) in [4.78, 5) is 18.3. The number of hydrogen-bond donors (Lipinski definition) is 2. The Kier molecular flexibility index (Phi) is 5.80. The first-order valence-corrected chi connectivity index (χ1v) is 12.6. The number of urea groups is 1. The molecule has 1 fully saturated rings. The molecule has 2 amide bonds. The zero-order valence-electron chi connectivity index (χ0n) is 16.4. The molecule has 0 aliphatic carbocycles. The van der Waals surface area contributed by atoms with Crippen molar-refractivity contribution in [2.24, 2.45) is 0 Å². The fourth-order valence-electron chi connectivity index (χ4n) is 4.06. The number of likely N-dealkylation sites (tertiary alicyclic amines) is 1. The van der Waals surface area contributed by atoms with Gasteiger partial charge in [0.05, 0.1) is 17.6 Å². The lowest BCUT2D eigenvalue weighted by Gasteiger charge is -2.34. The van der Waals surface area contributed by atoms with Gasteiger partial charge in [-0.25, -0.2) is 17.9 Å². The number of para-hydroxylation sites is 2. The number of carbonyl (C=O) groups is 1. The van der Waals surface area contributed by atoms with Crippen molar-refractivity contribution in [3.63, 3.8) is 0 Å². The van der Waals surface area contributed by atoms with E-state index in [-0.39, 0.29) is 12.1 Å². The number of nitrogens with one attached hydrogen (secondary N) is 2. The van der Waals surface area contributed by atoms with E-state index in [2.05, 4.69) is 26.4 Å². The summed E-state index contributed by atoms with van der Waals surface area (Å²) in [6.07, 6.45) is 3.68. The van der Waals surface area contributed by atoms with Crippen LogP contribution in [0.4, 0.5) is 16.2 Å². The maximum atomic E-state index is 12.9. The van der Waals surface area contributed by atoms with E-state index in [1.54, 1.807) is 4.90 Å². The zero-order chi connectivity index (χ0) is 20.4. The number of carbonyl (C=O) groups excluding carboxylic acids is 1. The van der Waals surface area contributed by atoms with Gasteiger partial charge in [-0.05, 0) is 48.4 Å². The van der Waals surface area contributed by atoms with Gasteiger partial charge >= 0.3 is 6.03 Å². The van der Waals surface area contributed by atoms with Crippen LogP contribution in [0, 0.1) is 0 Å². The van der Waals surface area contributed by atoms with Gasteiger partial charge in [0.15, 0.2) is 0 Å². The maximum Gasteiger partial charge on any atom is 0.321 e. The minimum atomic E-state index is -3.29. The lowest BCUT2D eigenvalue weighted by molar-refractivity contribution is 0.190. The molecular weight excluding hydrogens is 408 g/mol. The molecule has 1 aromatic carbocycles. The second kappa shape index (κ2) is 8.33. The first kappa shape index (κ1) is 20.2. The number of fused-ring (bicyclic) bond motifs is 1. The molecule has 29 heavy (non-hydrogen) atoms.